The molecule has 0 aromatic carbocycles. The Labute approximate surface area is 102 Å². The quantitative estimate of drug-likeness (QED) is 0.450. The van der Waals surface area contributed by atoms with E-state index in [9.17, 15) is 14.9 Å². The minimum absolute atomic E-state index is 0.0161. The summed E-state index contributed by atoms with van der Waals surface area (Å²) < 4.78 is 4.60. The minimum Gasteiger partial charge on any atom is -0.469 e. The van der Waals surface area contributed by atoms with Crippen LogP contribution in [0.2, 0.25) is 0 Å². The van der Waals surface area contributed by atoms with Crippen molar-refractivity contribution in [3.8, 4) is 0 Å². The molecule has 1 aromatic heterocycles. The summed E-state index contributed by atoms with van der Waals surface area (Å²) in [6.07, 6.45) is 1.21. The summed E-state index contributed by atoms with van der Waals surface area (Å²) in [5.74, 6) is -0.629. The highest BCUT2D eigenvalue weighted by Gasteiger charge is 2.19. The third-order valence-electron chi connectivity index (χ3n) is 2.14. The molecule has 1 atom stereocenters. The van der Waals surface area contributed by atoms with Gasteiger partial charge in [-0.3, -0.25) is 14.9 Å². The number of aromatic nitrogens is 1. The van der Waals surface area contributed by atoms with Crippen LogP contribution in [-0.4, -0.2) is 36.6 Å². The SMILES string of the molecule is COC(=O)C(C)CN(C)c1ncc([N+](=O)[O-])s1. The van der Waals surface area contributed by atoms with Gasteiger partial charge in [-0.2, -0.15) is 0 Å². The molecule has 1 heterocycles. The van der Waals surface area contributed by atoms with E-state index in [4.69, 9.17) is 0 Å². The van der Waals surface area contributed by atoms with Crippen molar-refractivity contribution in [3.05, 3.63) is 16.3 Å². The Bertz CT molecular complexity index is 420. The van der Waals surface area contributed by atoms with E-state index in [1.807, 2.05) is 0 Å². The summed E-state index contributed by atoms with van der Waals surface area (Å²) in [5, 5.41) is 11.0. The summed E-state index contributed by atoms with van der Waals surface area (Å²) in [4.78, 5) is 26.8. The number of thiazole rings is 1. The van der Waals surface area contributed by atoms with Crippen molar-refractivity contribution in [1.29, 1.82) is 0 Å². The third-order valence-corrected chi connectivity index (χ3v) is 3.20. The molecule has 1 aromatic rings. The summed E-state index contributed by atoms with van der Waals surface area (Å²) in [6, 6.07) is 0. The molecule has 17 heavy (non-hydrogen) atoms. The number of nitrogens with zero attached hydrogens (tertiary/aromatic N) is 3. The normalized spacial score (nSPS) is 11.9. The standard InChI is InChI=1S/C9H13N3O4S/c1-6(8(13)16-3)5-11(2)9-10-4-7(17-9)12(14)15/h4,6H,5H2,1-3H3. The summed E-state index contributed by atoms with van der Waals surface area (Å²) in [5.41, 5.74) is 0. The second-order valence-corrected chi connectivity index (χ2v) is 4.53. The van der Waals surface area contributed by atoms with Crippen LogP contribution in [0.25, 0.3) is 0 Å². The second-order valence-electron chi connectivity index (χ2n) is 3.54. The van der Waals surface area contributed by atoms with Crippen LogP contribution in [-0.2, 0) is 9.53 Å². The van der Waals surface area contributed by atoms with Crippen LogP contribution in [0.3, 0.4) is 0 Å². The number of hydrogen-bond acceptors (Lipinski definition) is 7. The second kappa shape index (κ2) is 5.58. The zero-order valence-electron chi connectivity index (χ0n) is 9.74. The Kier molecular flexibility index (Phi) is 4.38. The number of carbonyl (C=O) groups is 1. The summed E-state index contributed by atoms with van der Waals surface area (Å²) >= 11 is 0.974. The molecular formula is C9H13N3O4S. The number of anilines is 1. The first-order valence-corrected chi connectivity index (χ1v) is 5.66. The van der Waals surface area contributed by atoms with Crippen LogP contribution in [0.4, 0.5) is 10.1 Å². The first kappa shape index (κ1) is 13.4. The molecule has 1 rings (SSSR count). The number of esters is 1. The van der Waals surface area contributed by atoms with Crippen molar-refractivity contribution in [2.45, 2.75) is 6.92 Å². The van der Waals surface area contributed by atoms with Crippen LogP contribution < -0.4 is 4.90 Å². The van der Waals surface area contributed by atoms with Gasteiger partial charge in [-0.05, 0) is 11.3 Å². The van der Waals surface area contributed by atoms with E-state index in [2.05, 4.69) is 9.72 Å². The third kappa shape index (κ3) is 3.38. The molecule has 1 unspecified atom stereocenters. The Morgan fingerprint density at radius 1 is 1.76 bits per heavy atom. The smallest absolute Gasteiger partial charge is 0.345 e. The Morgan fingerprint density at radius 3 is 2.88 bits per heavy atom. The first-order valence-electron chi connectivity index (χ1n) is 4.85. The molecule has 0 amide bonds. The van der Waals surface area contributed by atoms with Gasteiger partial charge in [-0.1, -0.05) is 6.92 Å². The number of rotatable bonds is 5. The maximum absolute atomic E-state index is 11.2. The highest BCUT2D eigenvalue weighted by Crippen LogP contribution is 2.27. The Morgan fingerprint density at radius 2 is 2.41 bits per heavy atom. The molecule has 0 spiro atoms. The molecule has 7 nitrogen and oxygen atoms in total. The van der Waals surface area contributed by atoms with Gasteiger partial charge in [0.05, 0.1) is 18.0 Å². The van der Waals surface area contributed by atoms with Crippen LogP contribution >= 0.6 is 11.3 Å². The minimum atomic E-state index is -0.487. The van der Waals surface area contributed by atoms with E-state index < -0.39 is 4.92 Å². The zero-order chi connectivity index (χ0) is 13.0. The van der Waals surface area contributed by atoms with Gasteiger partial charge >= 0.3 is 11.0 Å². The fourth-order valence-corrected chi connectivity index (χ4v) is 1.98. The van der Waals surface area contributed by atoms with Gasteiger partial charge in [0.25, 0.3) is 0 Å². The fourth-order valence-electron chi connectivity index (χ4n) is 1.28. The molecule has 0 fully saturated rings. The van der Waals surface area contributed by atoms with Gasteiger partial charge in [-0.15, -0.1) is 0 Å². The van der Waals surface area contributed by atoms with Crippen molar-refractivity contribution in [1.82, 2.24) is 4.98 Å². The van der Waals surface area contributed by atoms with Crippen LogP contribution in [0, 0.1) is 16.0 Å². The molecule has 0 saturated heterocycles. The number of hydrogen-bond donors (Lipinski definition) is 0. The molecule has 0 saturated carbocycles. The lowest BCUT2D eigenvalue weighted by molar-refractivity contribution is -0.380. The molecular weight excluding hydrogens is 246 g/mol. The lowest BCUT2D eigenvalue weighted by Crippen LogP contribution is -2.29. The fraction of sp³-hybridized carbons (Fsp3) is 0.556. The van der Waals surface area contributed by atoms with E-state index in [0.29, 0.717) is 11.7 Å². The van der Waals surface area contributed by atoms with Crippen molar-refractivity contribution < 1.29 is 14.5 Å². The molecule has 94 valence electrons. The maximum Gasteiger partial charge on any atom is 0.345 e. The van der Waals surface area contributed by atoms with Gasteiger partial charge in [0.15, 0.2) is 5.13 Å². The monoisotopic (exact) mass is 259 g/mol. The molecule has 0 aliphatic carbocycles. The van der Waals surface area contributed by atoms with E-state index in [-0.39, 0.29) is 16.9 Å². The topological polar surface area (TPSA) is 85.6 Å². The summed E-state index contributed by atoms with van der Waals surface area (Å²) in [7, 11) is 3.05. The van der Waals surface area contributed by atoms with Crippen LogP contribution in [0.1, 0.15) is 6.92 Å². The lowest BCUT2D eigenvalue weighted by Gasteiger charge is -2.18. The number of ether oxygens (including phenoxy) is 1. The number of carbonyl (C=O) groups excluding carboxylic acids is 1. The Balaban J connectivity index is 2.66. The van der Waals surface area contributed by atoms with Gasteiger partial charge in [0.2, 0.25) is 0 Å². The average Bonchev–Trinajstić information content (AvgIpc) is 2.77. The molecule has 0 aliphatic rings. The molecule has 8 heteroatoms. The van der Waals surface area contributed by atoms with Crippen molar-refractivity contribution in [2.24, 2.45) is 5.92 Å². The van der Waals surface area contributed by atoms with Crippen molar-refractivity contribution in [3.63, 3.8) is 0 Å². The molecule has 0 N–H and O–H groups in total. The van der Waals surface area contributed by atoms with Crippen molar-refractivity contribution >= 4 is 27.4 Å². The van der Waals surface area contributed by atoms with Gasteiger partial charge in [0.1, 0.15) is 6.20 Å². The predicted octanol–water partition coefficient (Wildman–Crippen LogP) is 1.30. The van der Waals surface area contributed by atoms with E-state index in [0.717, 1.165) is 11.3 Å². The largest absolute Gasteiger partial charge is 0.469 e. The zero-order valence-corrected chi connectivity index (χ0v) is 10.6. The van der Waals surface area contributed by atoms with E-state index >= 15 is 0 Å². The number of nitro groups is 1. The van der Waals surface area contributed by atoms with E-state index in [1.54, 1.807) is 18.9 Å². The van der Waals surface area contributed by atoms with Crippen LogP contribution in [0.15, 0.2) is 6.20 Å². The molecule has 0 radical (unpaired) electrons. The predicted molar refractivity (Wildman–Crippen MR) is 63.2 cm³/mol. The van der Waals surface area contributed by atoms with Gasteiger partial charge < -0.3 is 9.64 Å². The van der Waals surface area contributed by atoms with Crippen molar-refractivity contribution in [2.75, 3.05) is 25.6 Å². The summed E-state index contributed by atoms with van der Waals surface area (Å²) in [6.45, 7) is 2.13. The Hall–Kier alpha value is -1.70. The van der Waals surface area contributed by atoms with Gasteiger partial charge in [0, 0.05) is 13.6 Å². The van der Waals surface area contributed by atoms with E-state index in [1.165, 1.54) is 13.3 Å². The average molecular weight is 259 g/mol. The highest BCUT2D eigenvalue weighted by molar-refractivity contribution is 7.18. The van der Waals surface area contributed by atoms with Gasteiger partial charge in [-0.25, -0.2) is 4.98 Å². The maximum atomic E-state index is 11.2. The lowest BCUT2D eigenvalue weighted by atomic mass is 10.2. The molecule has 0 aliphatic heterocycles. The van der Waals surface area contributed by atoms with Crippen LogP contribution in [0.5, 0.6) is 0 Å². The first-order chi connectivity index (χ1) is 7.95. The number of methoxy groups -OCH3 is 1. The molecule has 0 bridgehead atoms. The highest BCUT2D eigenvalue weighted by atomic mass is 32.1.